The number of hydrogen-bond acceptors (Lipinski definition) is 3. The van der Waals surface area contributed by atoms with Gasteiger partial charge < -0.3 is 9.47 Å². The zero-order chi connectivity index (χ0) is 16.5. The topological polar surface area (TPSA) is 30.8 Å². The molecule has 0 saturated carbocycles. The molecule has 0 spiro atoms. The molecule has 0 radical (unpaired) electrons. The van der Waals surface area contributed by atoms with Gasteiger partial charge in [-0.25, -0.2) is 0 Å². The summed E-state index contributed by atoms with van der Waals surface area (Å²) in [6, 6.07) is 8.60. The van der Waals surface area contributed by atoms with Crippen LogP contribution in [0.3, 0.4) is 0 Å². The van der Waals surface area contributed by atoms with Gasteiger partial charge >= 0.3 is 0 Å². The van der Waals surface area contributed by atoms with Crippen LogP contribution in [0.5, 0.6) is 0 Å². The van der Waals surface area contributed by atoms with Crippen molar-refractivity contribution in [3.8, 4) is 0 Å². The van der Waals surface area contributed by atoms with Crippen LogP contribution in [-0.2, 0) is 9.47 Å². The van der Waals surface area contributed by atoms with Crippen molar-refractivity contribution in [3.05, 3.63) is 35.4 Å². The number of nitrogens with zero attached hydrogens (tertiary/aromatic N) is 1. The molecule has 3 nitrogen and oxygen atoms in total. The van der Waals surface area contributed by atoms with Gasteiger partial charge in [-0.1, -0.05) is 37.6 Å². The van der Waals surface area contributed by atoms with E-state index in [0.29, 0.717) is 0 Å². The highest BCUT2D eigenvalue weighted by molar-refractivity contribution is 5.73. The summed E-state index contributed by atoms with van der Waals surface area (Å²) in [6.07, 6.45) is 3.16. The Bertz CT molecular complexity index is 468. The third-order valence-electron chi connectivity index (χ3n) is 3.69. The third-order valence-corrected chi connectivity index (χ3v) is 3.69. The highest BCUT2D eigenvalue weighted by atomic mass is 16.5. The van der Waals surface area contributed by atoms with Crippen molar-refractivity contribution in [2.24, 2.45) is 4.99 Å². The van der Waals surface area contributed by atoms with E-state index in [1.807, 2.05) is 6.92 Å². The molecule has 2 atom stereocenters. The fourth-order valence-corrected chi connectivity index (χ4v) is 2.68. The first kappa shape index (κ1) is 18.7. The maximum Gasteiger partial charge on any atom is 0.180 e. The van der Waals surface area contributed by atoms with E-state index in [4.69, 9.17) is 9.47 Å². The number of aliphatic imine (C=N–C) groups is 1. The van der Waals surface area contributed by atoms with Gasteiger partial charge in [-0.3, -0.25) is 4.99 Å². The summed E-state index contributed by atoms with van der Waals surface area (Å²) in [7, 11) is 1.76. The minimum atomic E-state index is -0.0648. The molecule has 0 N–H and O–H groups in total. The molecule has 0 aliphatic rings. The summed E-state index contributed by atoms with van der Waals surface area (Å²) in [5, 5.41) is 0. The first-order valence-corrected chi connectivity index (χ1v) is 8.28. The predicted molar refractivity (Wildman–Crippen MR) is 93.6 cm³/mol. The maximum absolute atomic E-state index is 6.15. The van der Waals surface area contributed by atoms with Gasteiger partial charge in [0, 0.05) is 20.1 Å². The lowest BCUT2D eigenvalue weighted by Gasteiger charge is -2.28. The Labute approximate surface area is 135 Å². The lowest BCUT2D eigenvalue weighted by Crippen LogP contribution is -2.27. The minimum absolute atomic E-state index is 0.00597. The molecule has 0 aliphatic carbocycles. The lowest BCUT2D eigenvalue weighted by atomic mass is 9.96. The Hall–Kier alpha value is -1.35. The monoisotopic (exact) mass is 305 g/mol. The number of unbranched alkanes of at least 4 members (excludes halogenated alkanes) is 1. The van der Waals surface area contributed by atoms with Crippen molar-refractivity contribution in [3.63, 3.8) is 0 Å². The second kappa shape index (κ2) is 9.62. The van der Waals surface area contributed by atoms with Crippen LogP contribution >= 0.6 is 0 Å². The largest absolute Gasteiger partial charge is 0.475 e. The first-order valence-electron chi connectivity index (χ1n) is 8.28. The van der Waals surface area contributed by atoms with E-state index < -0.39 is 0 Å². The average Bonchev–Trinajstić information content (AvgIpc) is 2.46. The van der Waals surface area contributed by atoms with Gasteiger partial charge in [0.2, 0.25) is 0 Å². The molecule has 3 heteroatoms. The Kier molecular flexibility index (Phi) is 8.18. The van der Waals surface area contributed by atoms with Crippen molar-refractivity contribution in [1.29, 1.82) is 0 Å². The van der Waals surface area contributed by atoms with Crippen molar-refractivity contribution in [2.75, 3.05) is 7.11 Å². The first-order chi connectivity index (χ1) is 10.5. The number of benzene rings is 1. The van der Waals surface area contributed by atoms with Crippen molar-refractivity contribution < 1.29 is 9.47 Å². The second-order valence-electron chi connectivity index (χ2n) is 6.05. The van der Waals surface area contributed by atoms with Gasteiger partial charge in [0.1, 0.15) is 12.2 Å². The summed E-state index contributed by atoms with van der Waals surface area (Å²) in [4.78, 5) is 4.50. The Morgan fingerprint density at radius 3 is 2.45 bits per heavy atom. The van der Waals surface area contributed by atoms with Gasteiger partial charge in [-0.2, -0.15) is 0 Å². The smallest absolute Gasteiger partial charge is 0.180 e. The lowest BCUT2D eigenvalue weighted by molar-refractivity contribution is -0.0116. The van der Waals surface area contributed by atoms with Crippen molar-refractivity contribution >= 4 is 5.90 Å². The molecule has 22 heavy (non-hydrogen) atoms. The number of hydrogen-bond donors (Lipinski definition) is 0. The fraction of sp³-hybridized carbons (Fsp3) is 0.632. The van der Waals surface area contributed by atoms with E-state index in [1.165, 1.54) is 11.1 Å². The zero-order valence-electron chi connectivity index (χ0n) is 14.9. The quantitative estimate of drug-likeness (QED) is 0.495. The van der Waals surface area contributed by atoms with Crippen LogP contribution in [0.4, 0.5) is 0 Å². The summed E-state index contributed by atoms with van der Waals surface area (Å²) >= 11 is 0. The summed E-state index contributed by atoms with van der Waals surface area (Å²) in [6.45, 7) is 10.4. The Morgan fingerprint density at radius 1 is 1.23 bits per heavy atom. The van der Waals surface area contributed by atoms with Gasteiger partial charge in [-0.15, -0.1) is 0 Å². The van der Waals surface area contributed by atoms with E-state index >= 15 is 0 Å². The van der Waals surface area contributed by atoms with Gasteiger partial charge in [0.05, 0.1) is 0 Å². The van der Waals surface area contributed by atoms with Gasteiger partial charge in [-0.05, 0) is 44.7 Å². The predicted octanol–water partition coefficient (Wildman–Crippen LogP) is 5.08. The molecule has 0 fully saturated rings. The molecule has 0 aromatic heterocycles. The van der Waals surface area contributed by atoms with Crippen LogP contribution in [0.1, 0.15) is 64.2 Å². The van der Waals surface area contributed by atoms with E-state index in [1.54, 1.807) is 7.11 Å². The van der Waals surface area contributed by atoms with Crippen LogP contribution in [0.15, 0.2) is 29.3 Å². The van der Waals surface area contributed by atoms with Gasteiger partial charge in [0.25, 0.3) is 0 Å². The molecular formula is C19H31NO2. The SMILES string of the molecule is CCCCC(OC(C)=NC(C)C)C(OC)c1ccccc1C. The van der Waals surface area contributed by atoms with E-state index in [2.05, 4.69) is 57.0 Å². The van der Waals surface area contributed by atoms with Crippen molar-refractivity contribution in [1.82, 2.24) is 0 Å². The molecule has 0 bridgehead atoms. The molecule has 0 saturated heterocycles. The highest BCUT2D eigenvalue weighted by Gasteiger charge is 2.26. The molecule has 0 amide bonds. The summed E-state index contributed by atoms with van der Waals surface area (Å²) in [5.74, 6) is 0.742. The van der Waals surface area contributed by atoms with Crippen LogP contribution in [-0.4, -0.2) is 25.2 Å². The molecule has 2 unspecified atom stereocenters. The van der Waals surface area contributed by atoms with Crippen molar-refractivity contribution in [2.45, 2.75) is 72.1 Å². The van der Waals surface area contributed by atoms with E-state index in [-0.39, 0.29) is 18.2 Å². The van der Waals surface area contributed by atoms with Crippen LogP contribution in [0, 0.1) is 6.92 Å². The number of methoxy groups -OCH3 is 1. The molecule has 0 aliphatic heterocycles. The Morgan fingerprint density at radius 2 is 1.91 bits per heavy atom. The van der Waals surface area contributed by atoms with Gasteiger partial charge in [0.15, 0.2) is 5.90 Å². The molecule has 1 aromatic carbocycles. The van der Waals surface area contributed by atoms with Crippen LogP contribution in [0.2, 0.25) is 0 Å². The number of aryl methyl sites for hydroxylation is 1. The number of rotatable bonds is 8. The normalized spacial score (nSPS) is 15.0. The standard InChI is InChI=1S/C19H31NO2/c1-7-8-13-18(22-16(5)20-14(2)3)19(21-6)17-12-10-9-11-15(17)4/h9-12,14,18-19H,7-8,13H2,1-6H3. The minimum Gasteiger partial charge on any atom is -0.475 e. The molecular weight excluding hydrogens is 274 g/mol. The van der Waals surface area contributed by atoms with Crippen LogP contribution < -0.4 is 0 Å². The van der Waals surface area contributed by atoms with E-state index in [0.717, 1.165) is 25.2 Å². The van der Waals surface area contributed by atoms with E-state index in [9.17, 15) is 0 Å². The highest BCUT2D eigenvalue weighted by Crippen LogP contribution is 2.29. The summed E-state index contributed by atoms with van der Waals surface area (Å²) < 4.78 is 12.0. The number of ether oxygens (including phenoxy) is 2. The molecule has 1 aromatic rings. The van der Waals surface area contributed by atoms with Crippen LogP contribution in [0.25, 0.3) is 0 Å². The molecule has 124 valence electrons. The zero-order valence-corrected chi connectivity index (χ0v) is 14.9. The fourth-order valence-electron chi connectivity index (χ4n) is 2.68. The second-order valence-corrected chi connectivity index (χ2v) is 6.05. The Balaban J connectivity index is 2.99. The maximum atomic E-state index is 6.15. The molecule has 1 rings (SSSR count). The third kappa shape index (κ3) is 5.80. The summed E-state index contributed by atoms with van der Waals surface area (Å²) in [5.41, 5.74) is 2.43. The average molecular weight is 305 g/mol. The molecule has 0 heterocycles.